The van der Waals surface area contributed by atoms with Gasteiger partial charge in [0.2, 0.25) is 11.8 Å². The highest BCUT2D eigenvalue weighted by molar-refractivity contribution is 5.99. The maximum absolute atomic E-state index is 12.8. The Hall–Kier alpha value is -1.85. The Balaban J connectivity index is 2.31. The van der Waals surface area contributed by atoms with Gasteiger partial charge >= 0.3 is 0 Å². The highest BCUT2D eigenvalue weighted by Gasteiger charge is 2.47. The minimum absolute atomic E-state index is 0.0161. The van der Waals surface area contributed by atoms with Crippen LogP contribution >= 0.6 is 0 Å². The molecule has 0 radical (unpaired) electrons. The summed E-state index contributed by atoms with van der Waals surface area (Å²) in [5, 5.41) is 2.90. The van der Waals surface area contributed by atoms with Crippen LogP contribution in [0.1, 0.15) is 39.4 Å². The third kappa shape index (κ3) is 2.19. The predicted octanol–water partition coefficient (Wildman–Crippen LogP) is 0.826. The van der Waals surface area contributed by atoms with Crippen molar-refractivity contribution in [3.8, 4) is 0 Å². The first-order chi connectivity index (χ1) is 9.45. The minimum Gasteiger partial charge on any atom is -0.340 e. The van der Waals surface area contributed by atoms with Crippen LogP contribution in [0.5, 0.6) is 0 Å². The molecule has 1 unspecified atom stereocenters. The molecule has 1 saturated heterocycles. The summed E-state index contributed by atoms with van der Waals surface area (Å²) in [5.74, 6) is 0.668. The summed E-state index contributed by atoms with van der Waals surface area (Å²) in [5.41, 5.74) is -0.769. The van der Waals surface area contributed by atoms with Crippen LogP contribution in [0.15, 0.2) is 12.4 Å². The lowest BCUT2D eigenvalue weighted by Crippen LogP contribution is -2.69. The van der Waals surface area contributed by atoms with Crippen LogP contribution in [0, 0.1) is 0 Å². The molecule has 1 N–H and O–H groups in total. The van der Waals surface area contributed by atoms with E-state index in [9.17, 15) is 9.59 Å². The number of nitrogens with zero attached hydrogens (tertiary/aromatic N) is 3. The van der Waals surface area contributed by atoms with Gasteiger partial charge in [0.05, 0.1) is 6.54 Å². The normalized spacial score (nSPS) is 22.0. The van der Waals surface area contributed by atoms with E-state index in [-0.39, 0.29) is 11.8 Å². The lowest BCUT2D eigenvalue weighted by molar-refractivity contribution is -0.155. The van der Waals surface area contributed by atoms with Crippen molar-refractivity contribution in [2.75, 3.05) is 0 Å². The third-order valence-electron chi connectivity index (χ3n) is 4.32. The van der Waals surface area contributed by atoms with Crippen molar-refractivity contribution in [3.63, 3.8) is 0 Å². The molecule has 0 aromatic carbocycles. The van der Waals surface area contributed by atoms with Crippen LogP contribution in [0.4, 0.5) is 0 Å². The zero-order valence-electron chi connectivity index (χ0n) is 12.5. The number of aryl methyl sites for hydroxylation is 1. The van der Waals surface area contributed by atoms with Crippen LogP contribution in [0.25, 0.3) is 0 Å². The molecule has 1 aliphatic heterocycles. The first kappa shape index (κ1) is 14.6. The van der Waals surface area contributed by atoms with Crippen LogP contribution in [-0.4, -0.2) is 37.8 Å². The number of carbonyl (C=O) groups is 2. The Bertz CT molecular complexity index is 519. The second kappa shape index (κ2) is 5.26. The van der Waals surface area contributed by atoms with Gasteiger partial charge in [0, 0.05) is 19.4 Å². The predicted molar refractivity (Wildman–Crippen MR) is 74.7 cm³/mol. The van der Waals surface area contributed by atoms with Crippen LogP contribution in [0.2, 0.25) is 0 Å². The first-order valence-electron chi connectivity index (χ1n) is 7.04. The highest BCUT2D eigenvalue weighted by atomic mass is 16.2. The Kier molecular flexibility index (Phi) is 3.83. The number of piperazine rings is 1. The Morgan fingerprint density at radius 1 is 1.35 bits per heavy atom. The largest absolute Gasteiger partial charge is 0.340 e. The van der Waals surface area contributed by atoms with Gasteiger partial charge in [0.1, 0.15) is 17.4 Å². The molecule has 1 aromatic heterocycles. The van der Waals surface area contributed by atoms with Gasteiger partial charge in [-0.3, -0.25) is 9.59 Å². The van der Waals surface area contributed by atoms with Crippen molar-refractivity contribution >= 4 is 11.8 Å². The second-order valence-electron chi connectivity index (χ2n) is 5.34. The summed E-state index contributed by atoms with van der Waals surface area (Å²) >= 11 is 0. The molecule has 2 amide bonds. The quantitative estimate of drug-likeness (QED) is 0.887. The fourth-order valence-corrected chi connectivity index (χ4v) is 2.63. The summed E-state index contributed by atoms with van der Waals surface area (Å²) < 4.78 is 1.87. The van der Waals surface area contributed by atoms with Gasteiger partial charge in [0.15, 0.2) is 0 Å². The Morgan fingerprint density at radius 2 is 2.00 bits per heavy atom. The van der Waals surface area contributed by atoms with E-state index < -0.39 is 11.6 Å². The number of amides is 2. The van der Waals surface area contributed by atoms with Crippen LogP contribution < -0.4 is 5.32 Å². The number of aromatic nitrogens is 2. The SMILES string of the molecule is CCC1(CC)NC(=O)C(C)N(Cc2nccn2C)C1=O. The number of imidazole rings is 1. The van der Waals surface area contributed by atoms with Gasteiger partial charge in [-0.05, 0) is 19.8 Å². The average Bonchev–Trinajstić information content (AvgIpc) is 2.84. The van der Waals surface area contributed by atoms with Crippen molar-refractivity contribution < 1.29 is 9.59 Å². The van der Waals surface area contributed by atoms with E-state index in [4.69, 9.17) is 0 Å². The molecule has 0 bridgehead atoms. The molecule has 0 aliphatic carbocycles. The molecule has 1 aromatic rings. The van der Waals surface area contributed by atoms with E-state index in [2.05, 4.69) is 10.3 Å². The lowest BCUT2D eigenvalue weighted by Gasteiger charge is -2.44. The number of carbonyl (C=O) groups excluding carboxylic acids is 2. The molecule has 1 atom stereocenters. The van der Waals surface area contributed by atoms with Crippen molar-refractivity contribution in [2.24, 2.45) is 7.05 Å². The summed E-state index contributed by atoms with van der Waals surface area (Å²) in [6.07, 6.45) is 4.72. The topological polar surface area (TPSA) is 67.2 Å². The van der Waals surface area contributed by atoms with Crippen LogP contribution in [-0.2, 0) is 23.2 Å². The smallest absolute Gasteiger partial charge is 0.249 e. The zero-order valence-corrected chi connectivity index (χ0v) is 12.5. The average molecular weight is 278 g/mol. The first-order valence-corrected chi connectivity index (χ1v) is 7.04. The Labute approximate surface area is 119 Å². The molecule has 1 aliphatic rings. The molecule has 20 heavy (non-hydrogen) atoms. The summed E-state index contributed by atoms with van der Waals surface area (Å²) in [4.78, 5) is 30.8. The minimum atomic E-state index is -0.769. The summed E-state index contributed by atoms with van der Waals surface area (Å²) in [6, 6.07) is -0.467. The van der Waals surface area contributed by atoms with Gasteiger partial charge in [-0.25, -0.2) is 4.98 Å². The standard InChI is InChI=1S/C14H22N4O2/c1-5-14(6-2)13(20)18(10(3)12(19)16-14)9-11-15-7-8-17(11)4/h7-8,10H,5-6,9H2,1-4H3,(H,16,19). The fraction of sp³-hybridized carbons (Fsp3) is 0.643. The zero-order chi connectivity index (χ0) is 14.9. The van der Waals surface area contributed by atoms with Gasteiger partial charge in [-0.15, -0.1) is 0 Å². The molecule has 2 heterocycles. The molecule has 0 saturated carbocycles. The van der Waals surface area contributed by atoms with Crippen molar-refractivity contribution in [2.45, 2.75) is 51.7 Å². The van der Waals surface area contributed by atoms with E-state index in [0.717, 1.165) is 5.82 Å². The third-order valence-corrected chi connectivity index (χ3v) is 4.32. The molecule has 110 valence electrons. The molecule has 0 spiro atoms. The fourth-order valence-electron chi connectivity index (χ4n) is 2.63. The monoisotopic (exact) mass is 278 g/mol. The number of hydrogen-bond acceptors (Lipinski definition) is 3. The van der Waals surface area contributed by atoms with Crippen molar-refractivity contribution in [1.82, 2.24) is 19.8 Å². The molecular formula is C14H22N4O2. The van der Waals surface area contributed by atoms with E-state index >= 15 is 0 Å². The lowest BCUT2D eigenvalue weighted by atomic mass is 9.87. The van der Waals surface area contributed by atoms with E-state index in [1.807, 2.05) is 31.7 Å². The van der Waals surface area contributed by atoms with Gasteiger partial charge < -0.3 is 14.8 Å². The molecule has 2 rings (SSSR count). The number of rotatable bonds is 4. The summed E-state index contributed by atoms with van der Waals surface area (Å²) in [6.45, 7) is 5.97. The maximum Gasteiger partial charge on any atom is 0.249 e. The van der Waals surface area contributed by atoms with E-state index in [1.54, 1.807) is 18.0 Å². The molecule has 1 fully saturated rings. The van der Waals surface area contributed by atoms with E-state index in [1.165, 1.54) is 0 Å². The molecule has 6 heteroatoms. The van der Waals surface area contributed by atoms with Gasteiger partial charge in [0.25, 0.3) is 0 Å². The van der Waals surface area contributed by atoms with E-state index in [0.29, 0.717) is 19.4 Å². The Morgan fingerprint density at radius 3 is 2.50 bits per heavy atom. The maximum atomic E-state index is 12.8. The second-order valence-corrected chi connectivity index (χ2v) is 5.34. The number of hydrogen-bond donors (Lipinski definition) is 1. The van der Waals surface area contributed by atoms with Crippen molar-refractivity contribution in [1.29, 1.82) is 0 Å². The van der Waals surface area contributed by atoms with Crippen LogP contribution in [0.3, 0.4) is 0 Å². The summed E-state index contributed by atoms with van der Waals surface area (Å²) in [7, 11) is 1.88. The highest BCUT2D eigenvalue weighted by Crippen LogP contribution is 2.26. The van der Waals surface area contributed by atoms with Gasteiger partial charge in [-0.1, -0.05) is 13.8 Å². The molecular weight excluding hydrogens is 256 g/mol. The van der Waals surface area contributed by atoms with Gasteiger partial charge in [-0.2, -0.15) is 0 Å². The number of nitrogens with one attached hydrogen (secondary N) is 1. The molecule has 6 nitrogen and oxygen atoms in total. The van der Waals surface area contributed by atoms with Crippen molar-refractivity contribution in [3.05, 3.63) is 18.2 Å².